The van der Waals surface area contributed by atoms with Gasteiger partial charge < -0.3 is 14.8 Å². The van der Waals surface area contributed by atoms with Gasteiger partial charge in [-0.1, -0.05) is 48.5 Å². The molecule has 37 heavy (non-hydrogen) atoms. The summed E-state index contributed by atoms with van der Waals surface area (Å²) in [6, 6.07) is 25.8. The standard InChI is InChI=1S/C31H27BrN2O3/c1-4-36-29-17-23(15-26(18-33)31(35)34-28-13-20(2)9-10-21(28)3)16-27(32)30(29)37-19-22-11-12-24-7-5-6-8-25(24)14-22/h5-17H,4,19H2,1-3H3,(H,34,35)/b26-15+. The largest absolute Gasteiger partial charge is 0.490 e. The Labute approximate surface area is 225 Å². The number of benzene rings is 4. The van der Waals surface area contributed by atoms with Gasteiger partial charge in [0, 0.05) is 5.69 Å². The van der Waals surface area contributed by atoms with Crippen LogP contribution in [0.2, 0.25) is 0 Å². The minimum absolute atomic E-state index is 0.0138. The third kappa shape index (κ3) is 6.38. The van der Waals surface area contributed by atoms with E-state index >= 15 is 0 Å². The Bertz CT molecular complexity index is 1540. The number of fused-ring (bicyclic) bond motifs is 1. The van der Waals surface area contributed by atoms with Crippen molar-refractivity contribution in [3.63, 3.8) is 0 Å². The van der Waals surface area contributed by atoms with E-state index in [0.717, 1.165) is 22.1 Å². The first-order valence-electron chi connectivity index (χ1n) is 11.9. The summed E-state index contributed by atoms with van der Waals surface area (Å²) in [7, 11) is 0. The lowest BCUT2D eigenvalue weighted by molar-refractivity contribution is -0.112. The average molecular weight is 555 g/mol. The van der Waals surface area contributed by atoms with Crippen molar-refractivity contribution in [1.82, 2.24) is 0 Å². The molecule has 0 aliphatic rings. The summed E-state index contributed by atoms with van der Waals surface area (Å²) in [5.74, 6) is 0.614. The fourth-order valence-electron chi connectivity index (χ4n) is 3.93. The summed E-state index contributed by atoms with van der Waals surface area (Å²) >= 11 is 3.58. The molecule has 0 aliphatic carbocycles. The molecule has 0 saturated carbocycles. The van der Waals surface area contributed by atoms with Crippen LogP contribution in [0.4, 0.5) is 5.69 Å². The van der Waals surface area contributed by atoms with Gasteiger partial charge in [-0.25, -0.2) is 0 Å². The van der Waals surface area contributed by atoms with E-state index in [9.17, 15) is 10.1 Å². The van der Waals surface area contributed by atoms with E-state index < -0.39 is 5.91 Å². The number of carbonyl (C=O) groups is 1. The normalized spacial score (nSPS) is 11.2. The van der Waals surface area contributed by atoms with E-state index in [1.165, 1.54) is 5.39 Å². The molecule has 4 aromatic rings. The predicted octanol–water partition coefficient (Wildman–Crippen LogP) is 7.74. The highest BCUT2D eigenvalue weighted by Crippen LogP contribution is 2.38. The van der Waals surface area contributed by atoms with Crippen molar-refractivity contribution in [2.24, 2.45) is 0 Å². The van der Waals surface area contributed by atoms with E-state index in [1.807, 2.05) is 63.2 Å². The van der Waals surface area contributed by atoms with Crippen LogP contribution < -0.4 is 14.8 Å². The highest BCUT2D eigenvalue weighted by molar-refractivity contribution is 9.10. The fourth-order valence-corrected chi connectivity index (χ4v) is 4.51. The summed E-state index contributed by atoms with van der Waals surface area (Å²) in [6.07, 6.45) is 1.54. The lowest BCUT2D eigenvalue weighted by Gasteiger charge is -2.15. The number of hydrogen-bond donors (Lipinski definition) is 1. The Hall–Kier alpha value is -4.08. The quantitative estimate of drug-likeness (QED) is 0.178. The minimum atomic E-state index is -0.470. The Balaban J connectivity index is 1.57. The second-order valence-corrected chi connectivity index (χ2v) is 9.53. The summed E-state index contributed by atoms with van der Waals surface area (Å²) in [5.41, 5.74) is 4.28. The summed E-state index contributed by atoms with van der Waals surface area (Å²) < 4.78 is 12.7. The lowest BCUT2D eigenvalue weighted by atomic mass is 10.1. The van der Waals surface area contributed by atoms with Crippen LogP contribution in [-0.2, 0) is 11.4 Å². The maximum Gasteiger partial charge on any atom is 0.266 e. The number of carbonyl (C=O) groups excluding carboxylic acids is 1. The molecule has 0 spiro atoms. The number of hydrogen-bond acceptors (Lipinski definition) is 4. The number of anilines is 1. The van der Waals surface area contributed by atoms with E-state index in [4.69, 9.17) is 9.47 Å². The van der Waals surface area contributed by atoms with Gasteiger partial charge in [-0.2, -0.15) is 5.26 Å². The number of nitriles is 1. The van der Waals surface area contributed by atoms with E-state index in [-0.39, 0.29) is 5.57 Å². The van der Waals surface area contributed by atoms with Crippen LogP contribution >= 0.6 is 15.9 Å². The van der Waals surface area contributed by atoms with Crippen LogP contribution in [0.3, 0.4) is 0 Å². The second kappa shape index (κ2) is 11.8. The molecule has 0 atom stereocenters. The van der Waals surface area contributed by atoms with Gasteiger partial charge >= 0.3 is 0 Å². The number of ether oxygens (including phenoxy) is 2. The molecule has 0 fully saturated rings. The molecule has 0 aromatic heterocycles. The van der Waals surface area contributed by atoms with Crippen LogP contribution in [0.15, 0.2) is 82.8 Å². The van der Waals surface area contributed by atoms with Crippen molar-refractivity contribution in [1.29, 1.82) is 5.26 Å². The first kappa shape index (κ1) is 26.0. The molecule has 1 amide bonds. The average Bonchev–Trinajstić information content (AvgIpc) is 2.89. The molecule has 1 N–H and O–H groups in total. The molecule has 5 nitrogen and oxygen atoms in total. The number of nitrogens with one attached hydrogen (secondary N) is 1. The number of aryl methyl sites for hydroxylation is 2. The molecule has 4 rings (SSSR count). The Morgan fingerprint density at radius 2 is 1.78 bits per heavy atom. The Morgan fingerprint density at radius 1 is 1.00 bits per heavy atom. The molecule has 4 aromatic carbocycles. The zero-order chi connectivity index (χ0) is 26.4. The van der Waals surface area contributed by atoms with Gasteiger partial charge in [-0.15, -0.1) is 0 Å². The highest BCUT2D eigenvalue weighted by Gasteiger charge is 2.15. The molecule has 0 heterocycles. The monoisotopic (exact) mass is 554 g/mol. The number of rotatable bonds is 8. The number of halogens is 1. The van der Waals surface area contributed by atoms with Crippen LogP contribution in [0, 0.1) is 25.2 Å². The zero-order valence-electron chi connectivity index (χ0n) is 21.0. The number of amides is 1. The summed E-state index contributed by atoms with van der Waals surface area (Å²) in [4.78, 5) is 12.9. The maximum absolute atomic E-state index is 12.9. The van der Waals surface area contributed by atoms with Crippen molar-refractivity contribution in [2.75, 3.05) is 11.9 Å². The highest BCUT2D eigenvalue weighted by atomic mass is 79.9. The minimum Gasteiger partial charge on any atom is -0.490 e. The van der Waals surface area contributed by atoms with Gasteiger partial charge in [-0.05, 0) is 100 Å². The zero-order valence-corrected chi connectivity index (χ0v) is 22.6. The van der Waals surface area contributed by atoms with Crippen molar-refractivity contribution in [3.8, 4) is 17.6 Å². The van der Waals surface area contributed by atoms with Crippen molar-refractivity contribution in [3.05, 3.63) is 105 Å². The molecular formula is C31H27BrN2O3. The van der Waals surface area contributed by atoms with Crippen LogP contribution in [0.1, 0.15) is 29.2 Å². The third-order valence-electron chi connectivity index (χ3n) is 5.85. The van der Waals surface area contributed by atoms with Gasteiger partial charge in [0.1, 0.15) is 18.2 Å². The summed E-state index contributed by atoms with van der Waals surface area (Å²) in [6.45, 7) is 6.55. The molecule has 6 heteroatoms. The number of nitrogens with zero attached hydrogens (tertiary/aromatic N) is 1. The predicted molar refractivity (Wildman–Crippen MR) is 152 cm³/mol. The molecule has 0 aliphatic heterocycles. The summed E-state index contributed by atoms with van der Waals surface area (Å²) in [5, 5.41) is 14.9. The maximum atomic E-state index is 12.9. The Morgan fingerprint density at radius 3 is 2.54 bits per heavy atom. The van der Waals surface area contributed by atoms with Gasteiger partial charge in [0.2, 0.25) is 0 Å². The topological polar surface area (TPSA) is 71.3 Å². The molecule has 186 valence electrons. The van der Waals surface area contributed by atoms with Crippen molar-refractivity contribution >= 4 is 44.4 Å². The first-order chi connectivity index (χ1) is 17.9. The van der Waals surface area contributed by atoms with E-state index in [1.54, 1.807) is 18.2 Å². The van der Waals surface area contributed by atoms with Gasteiger partial charge in [-0.3, -0.25) is 4.79 Å². The first-order valence-corrected chi connectivity index (χ1v) is 12.7. The van der Waals surface area contributed by atoms with E-state index in [0.29, 0.717) is 40.4 Å². The Kier molecular flexibility index (Phi) is 8.27. The fraction of sp³-hybridized carbons (Fsp3) is 0.161. The molecule has 0 radical (unpaired) electrons. The van der Waals surface area contributed by atoms with Crippen molar-refractivity contribution in [2.45, 2.75) is 27.4 Å². The second-order valence-electron chi connectivity index (χ2n) is 8.68. The van der Waals surface area contributed by atoms with Crippen LogP contribution in [0.25, 0.3) is 16.8 Å². The smallest absolute Gasteiger partial charge is 0.266 e. The van der Waals surface area contributed by atoms with Gasteiger partial charge in [0.15, 0.2) is 11.5 Å². The lowest BCUT2D eigenvalue weighted by Crippen LogP contribution is -2.14. The third-order valence-corrected chi connectivity index (χ3v) is 6.44. The molecule has 0 bridgehead atoms. The van der Waals surface area contributed by atoms with Crippen LogP contribution in [0.5, 0.6) is 11.5 Å². The van der Waals surface area contributed by atoms with E-state index in [2.05, 4.69) is 45.5 Å². The molecule has 0 saturated heterocycles. The molecule has 0 unspecified atom stereocenters. The van der Waals surface area contributed by atoms with Crippen LogP contribution in [-0.4, -0.2) is 12.5 Å². The van der Waals surface area contributed by atoms with Crippen molar-refractivity contribution < 1.29 is 14.3 Å². The SMILES string of the molecule is CCOc1cc(/C=C(\C#N)C(=O)Nc2cc(C)ccc2C)cc(Br)c1OCc1ccc2ccccc2c1. The molecular weight excluding hydrogens is 528 g/mol. The van der Waals surface area contributed by atoms with Gasteiger partial charge in [0.05, 0.1) is 11.1 Å². The van der Waals surface area contributed by atoms with Gasteiger partial charge in [0.25, 0.3) is 5.91 Å².